The van der Waals surface area contributed by atoms with Crippen molar-refractivity contribution in [1.82, 2.24) is 10.2 Å². The van der Waals surface area contributed by atoms with Crippen LogP contribution in [-0.4, -0.2) is 46.6 Å². The van der Waals surface area contributed by atoms with E-state index in [-0.39, 0.29) is 34.5 Å². The number of nitro benzene ring substituents is 1. The summed E-state index contributed by atoms with van der Waals surface area (Å²) >= 11 is 1.13. The molecular weight excluding hydrogens is 474 g/mol. The van der Waals surface area contributed by atoms with E-state index in [1.807, 2.05) is 32.0 Å². The number of ether oxygens (including phenoxy) is 1. The van der Waals surface area contributed by atoms with Crippen LogP contribution in [-0.2, 0) is 9.53 Å². The number of nitro groups is 1. The number of rotatable bonds is 6. The predicted molar refractivity (Wildman–Crippen MR) is 128 cm³/mol. The van der Waals surface area contributed by atoms with Crippen LogP contribution >= 0.6 is 11.3 Å². The van der Waals surface area contributed by atoms with Crippen molar-refractivity contribution in [2.24, 2.45) is 0 Å². The Morgan fingerprint density at radius 1 is 1.11 bits per heavy atom. The smallest absolute Gasteiger partial charge is 0.338 e. The van der Waals surface area contributed by atoms with Crippen LogP contribution in [0.5, 0.6) is 0 Å². The number of hydrogen-bond donors (Lipinski definition) is 1. The first-order valence-electron chi connectivity index (χ1n) is 10.6. The maximum absolute atomic E-state index is 12.7. The molecule has 0 spiro atoms. The maximum atomic E-state index is 12.7. The highest BCUT2D eigenvalue weighted by molar-refractivity contribution is 7.15. The summed E-state index contributed by atoms with van der Waals surface area (Å²) in [6.07, 6.45) is 0.267. The SMILES string of the molecule is COC(=O)c1cc(C(=O)Nc2nnc(C3CC(=O)N(c4cc(C)cc(C)c4)C3)s2)cc([N+](=O)[O-])c1. The van der Waals surface area contributed by atoms with Crippen molar-refractivity contribution in [3.05, 3.63) is 73.8 Å². The molecule has 180 valence electrons. The highest BCUT2D eigenvalue weighted by Crippen LogP contribution is 2.35. The number of non-ortho nitro benzene ring substituents is 1. The average molecular weight is 496 g/mol. The quantitative estimate of drug-likeness (QED) is 0.310. The van der Waals surface area contributed by atoms with Gasteiger partial charge in [-0.15, -0.1) is 10.2 Å². The molecule has 1 aliphatic heterocycles. The maximum Gasteiger partial charge on any atom is 0.338 e. The van der Waals surface area contributed by atoms with Gasteiger partial charge in [-0.3, -0.25) is 25.0 Å². The molecule has 2 amide bonds. The number of benzene rings is 2. The molecule has 3 aromatic rings. The standard InChI is InChI=1S/C23H21N5O6S/c1-12-4-13(2)6-17(5-12)27-11-16(10-19(27)29)21-25-26-23(35-21)24-20(30)14-7-15(22(31)34-3)9-18(8-14)28(32)33/h4-9,16H,10-11H2,1-3H3,(H,24,26,30). The van der Waals surface area contributed by atoms with E-state index in [1.165, 1.54) is 6.07 Å². The largest absolute Gasteiger partial charge is 0.465 e. The van der Waals surface area contributed by atoms with Crippen LogP contribution in [0, 0.1) is 24.0 Å². The number of esters is 1. The number of carbonyl (C=O) groups is 3. The molecule has 0 saturated carbocycles. The van der Waals surface area contributed by atoms with Crippen LogP contribution in [0.3, 0.4) is 0 Å². The minimum Gasteiger partial charge on any atom is -0.465 e. The minimum absolute atomic E-state index is 0.0206. The summed E-state index contributed by atoms with van der Waals surface area (Å²) in [5, 5.41) is 22.7. The molecule has 2 aromatic carbocycles. The van der Waals surface area contributed by atoms with Crippen LogP contribution in [0.2, 0.25) is 0 Å². The first-order chi connectivity index (χ1) is 16.6. The zero-order chi connectivity index (χ0) is 25.3. The van der Waals surface area contributed by atoms with Gasteiger partial charge in [0.05, 0.1) is 17.6 Å². The van der Waals surface area contributed by atoms with Crippen LogP contribution in [0.1, 0.15) is 49.2 Å². The van der Waals surface area contributed by atoms with Crippen molar-refractivity contribution in [3.8, 4) is 0 Å². The Morgan fingerprint density at radius 3 is 2.46 bits per heavy atom. The number of aromatic nitrogens is 2. The molecule has 1 aliphatic rings. The van der Waals surface area contributed by atoms with E-state index in [0.29, 0.717) is 11.6 Å². The molecule has 1 aromatic heterocycles. The van der Waals surface area contributed by atoms with Gasteiger partial charge in [0.15, 0.2) is 0 Å². The molecule has 4 rings (SSSR count). The lowest BCUT2D eigenvalue weighted by atomic mass is 10.1. The Bertz CT molecular complexity index is 1330. The number of methoxy groups -OCH3 is 1. The summed E-state index contributed by atoms with van der Waals surface area (Å²) in [6.45, 7) is 4.39. The monoisotopic (exact) mass is 495 g/mol. The van der Waals surface area contributed by atoms with Crippen LogP contribution in [0.4, 0.5) is 16.5 Å². The molecule has 12 heteroatoms. The third-order valence-electron chi connectivity index (χ3n) is 5.47. The average Bonchev–Trinajstić information content (AvgIpc) is 3.43. The van der Waals surface area contributed by atoms with Gasteiger partial charge >= 0.3 is 5.97 Å². The number of nitrogens with zero attached hydrogens (tertiary/aromatic N) is 4. The lowest BCUT2D eigenvalue weighted by molar-refractivity contribution is -0.384. The summed E-state index contributed by atoms with van der Waals surface area (Å²) in [4.78, 5) is 49.5. The highest BCUT2D eigenvalue weighted by Gasteiger charge is 2.34. The molecule has 1 fully saturated rings. The van der Waals surface area contributed by atoms with Gasteiger partial charge in [-0.25, -0.2) is 4.79 Å². The number of carbonyl (C=O) groups excluding carboxylic acids is 3. The third kappa shape index (κ3) is 5.17. The summed E-state index contributed by atoms with van der Waals surface area (Å²) in [7, 11) is 1.14. The number of anilines is 2. The fourth-order valence-electron chi connectivity index (χ4n) is 3.93. The molecule has 1 unspecified atom stereocenters. The lowest BCUT2D eigenvalue weighted by Crippen LogP contribution is -2.24. The fourth-order valence-corrected chi connectivity index (χ4v) is 4.76. The zero-order valence-corrected chi connectivity index (χ0v) is 19.9. The minimum atomic E-state index is -0.805. The van der Waals surface area contributed by atoms with Crippen molar-refractivity contribution in [3.63, 3.8) is 0 Å². The first-order valence-corrected chi connectivity index (χ1v) is 11.4. The Morgan fingerprint density at radius 2 is 1.80 bits per heavy atom. The molecule has 35 heavy (non-hydrogen) atoms. The number of hydrogen-bond acceptors (Lipinski definition) is 9. The summed E-state index contributed by atoms with van der Waals surface area (Å²) in [6, 6.07) is 9.25. The number of aryl methyl sites for hydroxylation is 2. The molecule has 0 bridgehead atoms. The van der Waals surface area contributed by atoms with Crippen molar-refractivity contribution < 1.29 is 24.0 Å². The van der Waals surface area contributed by atoms with Gasteiger partial charge < -0.3 is 9.64 Å². The van der Waals surface area contributed by atoms with Gasteiger partial charge in [0.1, 0.15) is 5.01 Å². The second-order valence-electron chi connectivity index (χ2n) is 8.17. The first kappa shape index (κ1) is 24.0. The summed E-state index contributed by atoms with van der Waals surface area (Å²) < 4.78 is 4.60. The van der Waals surface area contributed by atoms with Gasteiger partial charge in [0.25, 0.3) is 11.6 Å². The van der Waals surface area contributed by atoms with E-state index in [9.17, 15) is 24.5 Å². The zero-order valence-electron chi connectivity index (χ0n) is 19.1. The second-order valence-corrected chi connectivity index (χ2v) is 9.18. The van der Waals surface area contributed by atoms with Gasteiger partial charge in [-0.05, 0) is 43.2 Å². The topological polar surface area (TPSA) is 145 Å². The molecule has 0 radical (unpaired) electrons. The van der Waals surface area contributed by atoms with E-state index >= 15 is 0 Å². The van der Waals surface area contributed by atoms with E-state index in [0.717, 1.165) is 47.4 Å². The van der Waals surface area contributed by atoms with E-state index in [4.69, 9.17) is 0 Å². The second kappa shape index (κ2) is 9.58. The fraction of sp³-hybridized carbons (Fsp3) is 0.261. The highest BCUT2D eigenvalue weighted by atomic mass is 32.1. The normalized spacial score (nSPS) is 15.2. The Hall–Kier alpha value is -4.19. The van der Waals surface area contributed by atoms with E-state index in [1.54, 1.807) is 4.90 Å². The number of amides is 2. The lowest BCUT2D eigenvalue weighted by Gasteiger charge is -2.17. The van der Waals surface area contributed by atoms with Gasteiger partial charge in [-0.1, -0.05) is 17.4 Å². The van der Waals surface area contributed by atoms with Crippen molar-refractivity contribution in [1.29, 1.82) is 0 Å². The molecule has 0 aliphatic carbocycles. The molecule has 2 heterocycles. The summed E-state index contributed by atoms with van der Waals surface area (Å²) in [5.41, 5.74) is 2.31. The molecular formula is C23H21N5O6S. The summed E-state index contributed by atoms with van der Waals surface area (Å²) in [5.74, 6) is -1.70. The van der Waals surface area contributed by atoms with Crippen LogP contribution < -0.4 is 10.2 Å². The molecule has 11 nitrogen and oxygen atoms in total. The van der Waals surface area contributed by atoms with Crippen LogP contribution in [0.15, 0.2) is 36.4 Å². The van der Waals surface area contributed by atoms with Gasteiger partial charge in [0, 0.05) is 42.3 Å². The van der Waals surface area contributed by atoms with Crippen molar-refractivity contribution in [2.75, 3.05) is 23.9 Å². The van der Waals surface area contributed by atoms with E-state index in [2.05, 4.69) is 20.3 Å². The van der Waals surface area contributed by atoms with E-state index < -0.39 is 22.5 Å². The van der Waals surface area contributed by atoms with Crippen molar-refractivity contribution in [2.45, 2.75) is 26.2 Å². The molecule has 1 atom stereocenters. The van der Waals surface area contributed by atoms with Gasteiger partial charge in [0.2, 0.25) is 11.0 Å². The number of nitrogens with one attached hydrogen (secondary N) is 1. The van der Waals surface area contributed by atoms with Crippen LogP contribution in [0.25, 0.3) is 0 Å². The molecule has 1 N–H and O–H groups in total. The third-order valence-corrected chi connectivity index (χ3v) is 6.47. The predicted octanol–water partition coefficient (Wildman–Crippen LogP) is 3.62. The Labute approximate surface area is 203 Å². The Kier molecular flexibility index (Phi) is 6.56. The van der Waals surface area contributed by atoms with Gasteiger partial charge in [-0.2, -0.15) is 0 Å². The van der Waals surface area contributed by atoms with Crippen molar-refractivity contribution >= 4 is 45.6 Å². The Balaban J connectivity index is 1.50. The molecule has 1 saturated heterocycles.